The third-order valence-corrected chi connectivity index (χ3v) is 4.94. The largest absolute Gasteiger partial charge is 0.435 e. The van der Waals surface area contributed by atoms with Crippen LogP contribution in [0.1, 0.15) is 11.7 Å². The van der Waals surface area contributed by atoms with Crippen molar-refractivity contribution in [2.75, 3.05) is 37.6 Å². The molecule has 0 saturated carbocycles. The predicted molar refractivity (Wildman–Crippen MR) is 110 cm³/mol. The van der Waals surface area contributed by atoms with Crippen molar-refractivity contribution in [3.05, 3.63) is 59.1 Å². The van der Waals surface area contributed by atoms with Gasteiger partial charge in [-0.1, -0.05) is 23.7 Å². The number of aliphatic imine (C=N–C) groups is 1. The molecule has 0 amide bonds. The molecule has 1 heterocycles. The molecule has 3 N–H and O–H groups in total. The monoisotopic (exact) mass is 424 g/mol. The van der Waals surface area contributed by atoms with Crippen LogP contribution in [0.3, 0.4) is 0 Å². The van der Waals surface area contributed by atoms with Crippen molar-refractivity contribution in [2.45, 2.75) is 12.7 Å². The Balaban J connectivity index is 1.53. The molecule has 6 nitrogen and oxygen atoms in total. The third-order valence-electron chi connectivity index (χ3n) is 4.69. The van der Waals surface area contributed by atoms with E-state index in [-0.39, 0.29) is 12.3 Å². The Bertz CT molecular complexity index is 827. The number of nitrogens with two attached hydrogens (primary N) is 1. The lowest BCUT2D eigenvalue weighted by Crippen LogP contribution is -2.51. The van der Waals surface area contributed by atoms with Gasteiger partial charge in [0.25, 0.3) is 0 Å². The molecule has 0 aromatic heterocycles. The normalized spacial score (nSPS) is 16.2. The summed E-state index contributed by atoms with van der Waals surface area (Å²) in [6, 6.07) is 13.6. The van der Waals surface area contributed by atoms with Gasteiger partial charge in [0, 0.05) is 36.9 Å². The minimum Gasteiger partial charge on any atom is -0.435 e. The van der Waals surface area contributed by atoms with Gasteiger partial charge in [0.15, 0.2) is 5.96 Å². The van der Waals surface area contributed by atoms with Gasteiger partial charge in [-0.2, -0.15) is 8.78 Å². The Morgan fingerprint density at radius 1 is 1.14 bits per heavy atom. The molecule has 1 aliphatic rings. The summed E-state index contributed by atoms with van der Waals surface area (Å²) < 4.78 is 29.0. The number of nitrogens with zero attached hydrogens (tertiary/aromatic N) is 3. The lowest BCUT2D eigenvalue weighted by molar-refractivity contribution is -0.0499. The molecule has 1 saturated heterocycles. The first-order valence-electron chi connectivity index (χ1n) is 9.20. The zero-order chi connectivity index (χ0) is 20.8. The van der Waals surface area contributed by atoms with Crippen LogP contribution in [0.25, 0.3) is 0 Å². The summed E-state index contributed by atoms with van der Waals surface area (Å²) in [7, 11) is 0. The van der Waals surface area contributed by atoms with Crippen molar-refractivity contribution in [3.8, 4) is 5.75 Å². The quantitative estimate of drug-likeness (QED) is 0.550. The van der Waals surface area contributed by atoms with Gasteiger partial charge in [-0.25, -0.2) is 0 Å². The molecule has 9 heteroatoms. The first-order valence-corrected chi connectivity index (χ1v) is 9.58. The molecule has 1 fully saturated rings. The number of hydrogen-bond donors (Lipinski definition) is 2. The van der Waals surface area contributed by atoms with E-state index < -0.39 is 12.7 Å². The van der Waals surface area contributed by atoms with Crippen LogP contribution < -0.4 is 15.4 Å². The van der Waals surface area contributed by atoms with Crippen molar-refractivity contribution in [3.63, 3.8) is 0 Å². The van der Waals surface area contributed by atoms with E-state index in [0.29, 0.717) is 29.6 Å². The van der Waals surface area contributed by atoms with Gasteiger partial charge >= 0.3 is 6.61 Å². The summed E-state index contributed by atoms with van der Waals surface area (Å²) >= 11 is 5.93. The van der Waals surface area contributed by atoms with Gasteiger partial charge in [0.1, 0.15) is 5.75 Å². The molecular weight excluding hydrogens is 402 g/mol. The highest BCUT2D eigenvalue weighted by Crippen LogP contribution is 2.22. The second-order valence-electron chi connectivity index (χ2n) is 6.62. The molecule has 29 heavy (non-hydrogen) atoms. The smallest absolute Gasteiger partial charge is 0.387 e. The van der Waals surface area contributed by atoms with Crippen LogP contribution >= 0.6 is 11.6 Å². The minimum absolute atomic E-state index is 0.00757. The summed E-state index contributed by atoms with van der Waals surface area (Å²) in [5.41, 5.74) is 7.62. The zero-order valence-corrected chi connectivity index (χ0v) is 16.5. The van der Waals surface area contributed by atoms with Gasteiger partial charge < -0.3 is 25.4 Å². The van der Waals surface area contributed by atoms with E-state index in [1.165, 1.54) is 12.1 Å². The fraction of sp³-hybridized carbons (Fsp3) is 0.350. The lowest BCUT2D eigenvalue weighted by Gasteiger charge is -2.36. The third kappa shape index (κ3) is 5.95. The summed E-state index contributed by atoms with van der Waals surface area (Å²) in [5, 5.41) is 11.0. The van der Waals surface area contributed by atoms with E-state index in [1.807, 2.05) is 29.2 Å². The average molecular weight is 425 g/mol. The number of halogens is 3. The fourth-order valence-corrected chi connectivity index (χ4v) is 3.26. The number of aliphatic hydroxyl groups is 1. The van der Waals surface area contributed by atoms with Crippen LogP contribution in [0.2, 0.25) is 5.02 Å². The molecule has 0 spiro atoms. The van der Waals surface area contributed by atoms with Crippen molar-refractivity contribution in [1.82, 2.24) is 4.90 Å². The molecule has 0 radical (unpaired) electrons. The lowest BCUT2D eigenvalue weighted by atomic mass is 10.1. The van der Waals surface area contributed by atoms with Gasteiger partial charge in [-0.15, -0.1) is 0 Å². The standard InChI is InChI=1S/C20H23ClF2N4O2/c21-15-4-6-16(7-5-15)26-8-10-27(11-9-26)20(24)25-13-18(28)14-2-1-3-17(12-14)29-19(22)23/h1-7,12,18-19,28H,8-11,13H2,(H2,24,25). The van der Waals surface area contributed by atoms with E-state index in [0.717, 1.165) is 18.8 Å². The molecule has 0 aliphatic carbocycles. The summed E-state index contributed by atoms with van der Waals surface area (Å²) in [5.74, 6) is 0.339. The van der Waals surface area contributed by atoms with Crippen molar-refractivity contribution < 1.29 is 18.6 Å². The van der Waals surface area contributed by atoms with Crippen molar-refractivity contribution in [1.29, 1.82) is 0 Å². The van der Waals surface area contributed by atoms with E-state index in [4.69, 9.17) is 17.3 Å². The van der Waals surface area contributed by atoms with Crippen LogP contribution in [0.5, 0.6) is 5.75 Å². The maximum atomic E-state index is 12.3. The Hall–Kier alpha value is -2.58. The first-order chi connectivity index (χ1) is 13.9. The molecular formula is C20H23ClF2N4O2. The Kier molecular flexibility index (Phi) is 7.11. The number of hydrogen-bond acceptors (Lipinski definition) is 4. The van der Waals surface area contributed by atoms with Crippen LogP contribution in [0.4, 0.5) is 14.5 Å². The highest BCUT2D eigenvalue weighted by atomic mass is 35.5. The number of alkyl halides is 2. The van der Waals surface area contributed by atoms with Crippen LogP contribution in [-0.4, -0.2) is 55.3 Å². The molecule has 2 aromatic carbocycles. The Labute approximate surface area is 173 Å². The fourth-order valence-electron chi connectivity index (χ4n) is 3.13. The number of aliphatic hydroxyl groups excluding tert-OH is 1. The maximum Gasteiger partial charge on any atom is 0.387 e. The average Bonchev–Trinajstić information content (AvgIpc) is 2.72. The van der Waals surface area contributed by atoms with Gasteiger partial charge in [0.05, 0.1) is 12.6 Å². The number of benzene rings is 2. The molecule has 1 atom stereocenters. The van der Waals surface area contributed by atoms with E-state index in [1.54, 1.807) is 12.1 Å². The highest BCUT2D eigenvalue weighted by Gasteiger charge is 2.19. The summed E-state index contributed by atoms with van der Waals surface area (Å²) in [6.07, 6.45) is -0.967. The zero-order valence-electron chi connectivity index (χ0n) is 15.7. The van der Waals surface area contributed by atoms with Crippen molar-refractivity contribution in [2.24, 2.45) is 10.7 Å². The van der Waals surface area contributed by atoms with E-state index >= 15 is 0 Å². The number of guanidine groups is 1. The van der Waals surface area contributed by atoms with Gasteiger partial charge in [-0.3, -0.25) is 4.99 Å². The van der Waals surface area contributed by atoms with E-state index in [9.17, 15) is 13.9 Å². The number of ether oxygens (including phenoxy) is 1. The Morgan fingerprint density at radius 3 is 2.48 bits per heavy atom. The Morgan fingerprint density at radius 2 is 1.83 bits per heavy atom. The maximum absolute atomic E-state index is 12.3. The molecule has 1 unspecified atom stereocenters. The highest BCUT2D eigenvalue weighted by molar-refractivity contribution is 6.30. The van der Waals surface area contributed by atoms with E-state index in [2.05, 4.69) is 14.6 Å². The minimum atomic E-state index is -2.91. The van der Waals surface area contributed by atoms with Crippen LogP contribution in [0.15, 0.2) is 53.5 Å². The van der Waals surface area contributed by atoms with Crippen molar-refractivity contribution >= 4 is 23.2 Å². The van der Waals surface area contributed by atoms with Crippen LogP contribution in [-0.2, 0) is 0 Å². The molecule has 1 aliphatic heterocycles. The summed E-state index contributed by atoms with van der Waals surface area (Å²) in [4.78, 5) is 8.46. The second kappa shape index (κ2) is 9.76. The van der Waals surface area contributed by atoms with Gasteiger partial charge in [0.2, 0.25) is 0 Å². The number of anilines is 1. The molecule has 156 valence electrons. The number of rotatable bonds is 6. The molecule has 2 aromatic rings. The van der Waals surface area contributed by atoms with Crippen LogP contribution in [0, 0.1) is 0 Å². The topological polar surface area (TPSA) is 74.3 Å². The second-order valence-corrected chi connectivity index (χ2v) is 7.05. The number of piperazine rings is 1. The molecule has 0 bridgehead atoms. The first kappa shape index (κ1) is 21.1. The molecule has 3 rings (SSSR count). The SMILES string of the molecule is NC(=NCC(O)c1cccc(OC(F)F)c1)N1CCN(c2ccc(Cl)cc2)CC1. The summed E-state index contributed by atoms with van der Waals surface area (Å²) in [6.45, 7) is 0.0855. The predicted octanol–water partition coefficient (Wildman–Crippen LogP) is 3.11. The van der Waals surface area contributed by atoms with Gasteiger partial charge in [-0.05, 0) is 42.0 Å².